The number of hydrogen-bond acceptors (Lipinski definition) is 5. The predicted molar refractivity (Wildman–Crippen MR) is 75.3 cm³/mol. The van der Waals surface area contributed by atoms with Crippen LogP contribution in [0.4, 0.5) is 5.69 Å². The molecule has 1 fully saturated rings. The smallest absolute Gasteiger partial charge is 0.254 e. The number of sulfone groups is 1. The average Bonchev–Trinajstić information content (AvgIpc) is 2.36. The maximum atomic E-state index is 12.4. The summed E-state index contributed by atoms with van der Waals surface area (Å²) in [6.07, 6.45) is 1.07. The molecule has 1 aliphatic rings. The number of carbonyl (C=O) groups excluding carboxylic acids is 1. The van der Waals surface area contributed by atoms with Crippen LogP contribution >= 0.6 is 0 Å². The lowest BCUT2D eigenvalue weighted by molar-refractivity contribution is -0.0124. The van der Waals surface area contributed by atoms with Gasteiger partial charge in [0.2, 0.25) is 0 Å². The van der Waals surface area contributed by atoms with E-state index in [0.29, 0.717) is 25.3 Å². The van der Waals surface area contributed by atoms with E-state index in [4.69, 9.17) is 10.5 Å². The topological polar surface area (TPSA) is 89.7 Å². The van der Waals surface area contributed by atoms with Crippen molar-refractivity contribution in [2.45, 2.75) is 17.9 Å². The highest BCUT2D eigenvalue weighted by Crippen LogP contribution is 2.19. The summed E-state index contributed by atoms with van der Waals surface area (Å²) in [5.41, 5.74) is 6.24. The van der Waals surface area contributed by atoms with Gasteiger partial charge in [0.05, 0.1) is 17.6 Å². The zero-order valence-corrected chi connectivity index (χ0v) is 12.3. The molecular formula is C13H18N2O4S. The van der Waals surface area contributed by atoms with Gasteiger partial charge in [0.1, 0.15) is 0 Å². The molecule has 0 saturated carbocycles. The molecule has 0 aromatic heterocycles. The summed E-state index contributed by atoms with van der Waals surface area (Å²) in [6.45, 7) is 3.35. The first-order valence-electron chi connectivity index (χ1n) is 6.29. The molecule has 1 aromatic carbocycles. The molecule has 0 spiro atoms. The van der Waals surface area contributed by atoms with Gasteiger partial charge in [-0.15, -0.1) is 0 Å². The second kappa shape index (κ2) is 5.41. The molecule has 1 aliphatic heterocycles. The minimum atomic E-state index is -3.40. The summed E-state index contributed by atoms with van der Waals surface area (Å²) in [7, 11) is -3.40. The van der Waals surface area contributed by atoms with Gasteiger partial charge >= 0.3 is 0 Å². The van der Waals surface area contributed by atoms with E-state index >= 15 is 0 Å². The highest BCUT2D eigenvalue weighted by molar-refractivity contribution is 7.90. The van der Waals surface area contributed by atoms with E-state index in [1.165, 1.54) is 18.2 Å². The Balaban J connectivity index is 2.32. The molecule has 110 valence electrons. The van der Waals surface area contributed by atoms with Crippen LogP contribution in [0.2, 0.25) is 0 Å². The summed E-state index contributed by atoms with van der Waals surface area (Å²) in [5.74, 6) is -0.225. The van der Waals surface area contributed by atoms with Gasteiger partial charge < -0.3 is 15.4 Å². The van der Waals surface area contributed by atoms with E-state index in [2.05, 4.69) is 0 Å². The van der Waals surface area contributed by atoms with Crippen molar-refractivity contribution < 1.29 is 17.9 Å². The maximum absolute atomic E-state index is 12.4. The van der Waals surface area contributed by atoms with Crippen molar-refractivity contribution in [2.24, 2.45) is 0 Å². The molecule has 2 rings (SSSR count). The molecule has 7 heteroatoms. The van der Waals surface area contributed by atoms with Gasteiger partial charge in [-0.05, 0) is 25.1 Å². The lowest BCUT2D eigenvalue weighted by atomic mass is 10.1. The zero-order chi connectivity index (χ0) is 14.9. The van der Waals surface area contributed by atoms with E-state index in [-0.39, 0.29) is 22.6 Å². The minimum absolute atomic E-state index is 0.0249. The van der Waals surface area contributed by atoms with Crippen molar-refractivity contribution in [1.82, 2.24) is 4.90 Å². The molecule has 1 saturated heterocycles. The maximum Gasteiger partial charge on any atom is 0.254 e. The van der Waals surface area contributed by atoms with Crippen LogP contribution in [0.15, 0.2) is 23.1 Å². The number of nitrogens with zero attached hydrogens (tertiary/aromatic N) is 1. The first-order valence-corrected chi connectivity index (χ1v) is 8.18. The summed E-state index contributed by atoms with van der Waals surface area (Å²) < 4.78 is 28.6. The van der Waals surface area contributed by atoms with Crippen LogP contribution in [-0.2, 0) is 14.6 Å². The normalized spacial score (nSPS) is 19.9. The number of ether oxygens (including phenoxy) is 1. The summed E-state index contributed by atoms with van der Waals surface area (Å²) in [4.78, 5) is 14.1. The molecule has 0 radical (unpaired) electrons. The van der Waals surface area contributed by atoms with Gasteiger partial charge in [-0.2, -0.15) is 0 Å². The Morgan fingerprint density at radius 2 is 2.10 bits per heavy atom. The number of morpholine rings is 1. The van der Waals surface area contributed by atoms with Gasteiger partial charge in [0.15, 0.2) is 9.84 Å². The Labute approximate surface area is 118 Å². The Bertz CT molecular complexity index is 627. The van der Waals surface area contributed by atoms with E-state index in [9.17, 15) is 13.2 Å². The highest BCUT2D eigenvalue weighted by atomic mass is 32.2. The molecule has 6 nitrogen and oxygen atoms in total. The van der Waals surface area contributed by atoms with Crippen molar-refractivity contribution in [3.05, 3.63) is 23.8 Å². The molecule has 1 heterocycles. The molecule has 1 aromatic rings. The molecule has 2 N–H and O–H groups in total. The third-order valence-corrected chi connectivity index (χ3v) is 4.22. The minimum Gasteiger partial charge on any atom is -0.399 e. The van der Waals surface area contributed by atoms with Crippen molar-refractivity contribution >= 4 is 21.4 Å². The molecule has 1 atom stereocenters. The number of benzene rings is 1. The first-order chi connectivity index (χ1) is 9.27. The second-order valence-electron chi connectivity index (χ2n) is 5.00. The van der Waals surface area contributed by atoms with Crippen LogP contribution in [0.25, 0.3) is 0 Å². The van der Waals surface area contributed by atoms with Gasteiger partial charge in [-0.25, -0.2) is 8.42 Å². The number of nitrogens with two attached hydrogens (primary N) is 1. The lowest BCUT2D eigenvalue weighted by Crippen LogP contribution is -2.44. The highest BCUT2D eigenvalue weighted by Gasteiger charge is 2.23. The molecule has 0 bridgehead atoms. The van der Waals surface area contributed by atoms with Crippen molar-refractivity contribution in [1.29, 1.82) is 0 Å². The predicted octanol–water partition coefficient (Wildman–Crippen LogP) is 0.533. The van der Waals surface area contributed by atoms with E-state index in [1.807, 2.05) is 6.92 Å². The molecule has 1 unspecified atom stereocenters. The quantitative estimate of drug-likeness (QED) is 0.805. The summed E-state index contributed by atoms with van der Waals surface area (Å²) >= 11 is 0. The Kier molecular flexibility index (Phi) is 4.01. The molecule has 20 heavy (non-hydrogen) atoms. The molecule has 1 amide bonds. The number of nitrogen functional groups attached to an aromatic ring is 1. The monoisotopic (exact) mass is 298 g/mol. The van der Waals surface area contributed by atoms with Gasteiger partial charge in [0.25, 0.3) is 5.91 Å². The van der Waals surface area contributed by atoms with Crippen LogP contribution < -0.4 is 5.73 Å². The summed E-state index contributed by atoms with van der Waals surface area (Å²) in [5, 5.41) is 0. The number of hydrogen-bond donors (Lipinski definition) is 1. The fraction of sp³-hybridized carbons (Fsp3) is 0.462. The van der Waals surface area contributed by atoms with Gasteiger partial charge in [-0.1, -0.05) is 0 Å². The molecular weight excluding hydrogens is 280 g/mol. The van der Waals surface area contributed by atoms with Crippen LogP contribution in [0.5, 0.6) is 0 Å². The standard InChI is InChI=1S/C13H18N2O4S/c1-9-8-15(3-4-19-9)13(16)10-5-11(14)7-12(6-10)20(2,17)18/h5-7,9H,3-4,8,14H2,1-2H3. The van der Waals surface area contributed by atoms with E-state index in [1.54, 1.807) is 4.90 Å². The largest absolute Gasteiger partial charge is 0.399 e. The fourth-order valence-electron chi connectivity index (χ4n) is 2.15. The Hall–Kier alpha value is -1.60. The molecule has 0 aliphatic carbocycles. The third-order valence-electron chi connectivity index (χ3n) is 3.13. The number of carbonyl (C=O) groups is 1. The van der Waals surface area contributed by atoms with E-state index in [0.717, 1.165) is 6.26 Å². The number of rotatable bonds is 2. The van der Waals surface area contributed by atoms with Crippen molar-refractivity contribution in [3.63, 3.8) is 0 Å². The fourth-order valence-corrected chi connectivity index (χ4v) is 2.84. The lowest BCUT2D eigenvalue weighted by Gasteiger charge is -2.31. The Morgan fingerprint density at radius 1 is 1.40 bits per heavy atom. The first kappa shape index (κ1) is 14.8. The van der Waals surface area contributed by atoms with Crippen molar-refractivity contribution in [2.75, 3.05) is 31.7 Å². The van der Waals surface area contributed by atoms with Crippen LogP contribution in [0.3, 0.4) is 0 Å². The van der Waals surface area contributed by atoms with Gasteiger partial charge in [-0.3, -0.25) is 4.79 Å². The average molecular weight is 298 g/mol. The van der Waals surface area contributed by atoms with Crippen LogP contribution in [0.1, 0.15) is 17.3 Å². The number of anilines is 1. The van der Waals surface area contributed by atoms with Crippen LogP contribution in [0, 0.1) is 0 Å². The van der Waals surface area contributed by atoms with Crippen molar-refractivity contribution in [3.8, 4) is 0 Å². The van der Waals surface area contributed by atoms with Crippen LogP contribution in [-0.4, -0.2) is 51.3 Å². The zero-order valence-electron chi connectivity index (χ0n) is 11.5. The summed E-state index contributed by atoms with van der Waals surface area (Å²) in [6, 6.07) is 4.22. The SMILES string of the molecule is CC1CN(C(=O)c2cc(N)cc(S(C)(=O)=O)c2)CCO1. The third kappa shape index (κ3) is 3.29. The van der Waals surface area contributed by atoms with E-state index < -0.39 is 9.84 Å². The van der Waals surface area contributed by atoms with Gasteiger partial charge in [0, 0.05) is 30.6 Å². The number of amides is 1. The Morgan fingerprint density at radius 3 is 2.70 bits per heavy atom. The second-order valence-corrected chi connectivity index (χ2v) is 7.01.